The van der Waals surface area contributed by atoms with E-state index < -0.39 is 8.32 Å². The van der Waals surface area contributed by atoms with Gasteiger partial charge in [0.2, 0.25) is 8.32 Å². The second-order valence-electron chi connectivity index (χ2n) is 16.8. The van der Waals surface area contributed by atoms with Crippen LogP contribution in [-0.2, 0) is 9.16 Å². The molecule has 0 saturated heterocycles. The van der Waals surface area contributed by atoms with Gasteiger partial charge >= 0.3 is 0 Å². The third kappa shape index (κ3) is 6.33. The van der Waals surface area contributed by atoms with Gasteiger partial charge in [0.05, 0.1) is 6.10 Å². The average Bonchev–Trinajstić information content (AvgIpc) is 3.26. The van der Waals surface area contributed by atoms with E-state index >= 15 is 0 Å². The lowest BCUT2D eigenvalue weighted by atomic mass is 9.44. The Balaban J connectivity index is 1.42. The largest absolute Gasteiger partial charge is 0.413 e. The van der Waals surface area contributed by atoms with Crippen molar-refractivity contribution in [1.82, 2.24) is 0 Å². The first-order chi connectivity index (χ1) is 18.8. The number of methoxy groups -OCH3 is 1. The molecule has 0 radical (unpaired) electrons. The van der Waals surface area contributed by atoms with E-state index in [0.29, 0.717) is 40.0 Å². The molecule has 0 aromatic carbocycles. The monoisotopic (exact) mass is 686 g/mol. The lowest BCUT2D eigenvalue weighted by Gasteiger charge is -2.61. The Bertz CT molecular complexity index is 807. The average molecular weight is 687 g/mol. The molecule has 0 aromatic rings. The van der Waals surface area contributed by atoms with E-state index in [0.717, 1.165) is 35.5 Å². The van der Waals surface area contributed by atoms with Crippen molar-refractivity contribution in [3.8, 4) is 0 Å². The summed E-state index contributed by atoms with van der Waals surface area (Å²) in [7, 11) is 0.173. The summed E-state index contributed by atoms with van der Waals surface area (Å²) in [6, 6.07) is 0. The molecule has 1 unspecified atom stereocenters. The molecule has 2 nitrogen and oxygen atoms in total. The maximum atomic E-state index is 7.34. The van der Waals surface area contributed by atoms with Crippen molar-refractivity contribution in [2.45, 2.75) is 163 Å². The van der Waals surface area contributed by atoms with Gasteiger partial charge in [0, 0.05) is 17.3 Å². The second-order valence-corrected chi connectivity index (χ2v) is 23.9. The molecule has 0 aromatic heterocycles. The Morgan fingerprint density at radius 3 is 2.05 bits per heavy atom. The van der Waals surface area contributed by atoms with E-state index in [4.69, 9.17) is 9.16 Å². The van der Waals surface area contributed by atoms with Crippen molar-refractivity contribution < 1.29 is 9.16 Å². The van der Waals surface area contributed by atoms with Crippen LogP contribution in [0.5, 0.6) is 0 Å². The minimum absolute atomic E-state index is 0.451. The fraction of sp³-hybridized carbons (Fsp3) is 1.00. The third-order valence-electron chi connectivity index (χ3n) is 13.9. The molecule has 4 saturated carbocycles. The summed E-state index contributed by atoms with van der Waals surface area (Å²) in [6.07, 6.45) is 17.8. The maximum Gasteiger partial charge on any atom is 0.207 e. The first kappa shape index (κ1) is 33.8. The predicted molar refractivity (Wildman–Crippen MR) is 184 cm³/mol. The van der Waals surface area contributed by atoms with E-state index in [9.17, 15) is 0 Å². The van der Waals surface area contributed by atoms with Gasteiger partial charge in [0.25, 0.3) is 0 Å². The third-order valence-corrected chi connectivity index (χ3v) is 22.6. The smallest absolute Gasteiger partial charge is 0.207 e. The molecule has 4 rings (SSSR count). The molecule has 40 heavy (non-hydrogen) atoms. The van der Waals surface area contributed by atoms with Crippen molar-refractivity contribution in [3.63, 3.8) is 0 Å². The summed E-state index contributed by atoms with van der Waals surface area (Å²) in [4.78, 5) is 0. The van der Waals surface area contributed by atoms with Gasteiger partial charge in [-0.05, 0) is 140 Å². The fourth-order valence-corrected chi connectivity index (χ4v) is 20.6. The van der Waals surface area contributed by atoms with E-state index in [1.807, 2.05) is 7.11 Å². The van der Waals surface area contributed by atoms with Crippen LogP contribution in [0, 0.1) is 52.3 Å². The number of rotatable bonds is 12. The van der Waals surface area contributed by atoms with Crippen molar-refractivity contribution >= 4 is 30.9 Å². The molecule has 0 N–H and O–H groups in total. The van der Waals surface area contributed by atoms with E-state index in [-0.39, 0.29) is 0 Å². The van der Waals surface area contributed by atoms with E-state index in [1.165, 1.54) is 81.1 Å². The Kier molecular flexibility index (Phi) is 11.4. The Morgan fingerprint density at radius 2 is 1.45 bits per heavy atom. The summed E-state index contributed by atoms with van der Waals surface area (Å²) in [5.74, 6) is 6.28. The lowest BCUT2D eigenvalue weighted by Crippen LogP contribution is -2.54. The normalized spacial score (nSPS) is 39.8. The maximum absolute atomic E-state index is 7.34. The first-order valence-electron chi connectivity index (χ1n) is 17.6. The van der Waals surface area contributed by atoms with Crippen molar-refractivity contribution in [2.24, 2.45) is 52.3 Å². The molecule has 0 heterocycles. The molecule has 0 amide bonds. The predicted octanol–water partition coefficient (Wildman–Crippen LogP) is 11.2. The van der Waals surface area contributed by atoms with Gasteiger partial charge in [-0.3, -0.25) is 0 Å². The second kappa shape index (κ2) is 13.5. The van der Waals surface area contributed by atoms with Gasteiger partial charge in [-0.1, -0.05) is 84.9 Å². The minimum Gasteiger partial charge on any atom is -0.413 e. The van der Waals surface area contributed by atoms with Crippen LogP contribution in [0.3, 0.4) is 0 Å². The van der Waals surface area contributed by atoms with Crippen molar-refractivity contribution in [3.05, 3.63) is 0 Å². The van der Waals surface area contributed by atoms with Crippen LogP contribution in [0.2, 0.25) is 11.1 Å². The molecule has 0 aliphatic heterocycles. The van der Waals surface area contributed by atoms with E-state index in [1.54, 1.807) is 0 Å². The Hall–Kier alpha value is 0.867. The molecule has 10 atom stereocenters. The first-order valence-corrected chi connectivity index (χ1v) is 21.4. The highest BCUT2D eigenvalue weighted by molar-refractivity contribution is 14.1. The summed E-state index contributed by atoms with van der Waals surface area (Å²) >= 11 is 2.66. The molecule has 234 valence electrons. The molecular formula is C36H67IO2Si. The summed E-state index contributed by atoms with van der Waals surface area (Å²) in [5, 5.41) is 0. The zero-order valence-corrected chi connectivity index (χ0v) is 31.4. The zero-order valence-electron chi connectivity index (χ0n) is 28.2. The molecular weight excluding hydrogens is 619 g/mol. The summed E-state index contributed by atoms with van der Waals surface area (Å²) in [6.45, 7) is 22.6. The van der Waals surface area contributed by atoms with Gasteiger partial charge in [0.15, 0.2) is 0 Å². The zero-order chi connectivity index (χ0) is 29.5. The van der Waals surface area contributed by atoms with Crippen LogP contribution in [0.1, 0.15) is 139 Å². The molecule has 4 fully saturated rings. The van der Waals surface area contributed by atoms with Crippen LogP contribution in [-0.4, -0.2) is 31.7 Å². The highest BCUT2D eigenvalue weighted by Crippen LogP contribution is 2.68. The highest BCUT2D eigenvalue weighted by atomic mass is 127. The van der Waals surface area contributed by atoms with Gasteiger partial charge in [-0.2, -0.15) is 0 Å². The Labute approximate surface area is 264 Å². The molecule has 4 aliphatic carbocycles. The van der Waals surface area contributed by atoms with Crippen molar-refractivity contribution in [2.75, 3.05) is 11.2 Å². The van der Waals surface area contributed by atoms with E-state index in [2.05, 4.69) is 84.9 Å². The van der Waals surface area contributed by atoms with Crippen molar-refractivity contribution in [1.29, 1.82) is 0 Å². The van der Waals surface area contributed by atoms with Gasteiger partial charge in [-0.15, -0.1) is 0 Å². The lowest BCUT2D eigenvalue weighted by molar-refractivity contribution is -0.133. The number of alkyl halides is 1. The van der Waals surface area contributed by atoms with Crippen LogP contribution < -0.4 is 0 Å². The molecule has 4 heteroatoms. The number of hydrogen-bond donors (Lipinski definition) is 0. The van der Waals surface area contributed by atoms with Crippen LogP contribution in [0.4, 0.5) is 0 Å². The fourth-order valence-electron chi connectivity index (χ4n) is 11.4. The number of halogens is 1. The van der Waals surface area contributed by atoms with Gasteiger partial charge in [-0.25, -0.2) is 0 Å². The minimum atomic E-state index is -1.77. The topological polar surface area (TPSA) is 18.5 Å². The highest BCUT2D eigenvalue weighted by Gasteiger charge is 2.60. The number of ether oxygens (including phenoxy) is 1. The van der Waals surface area contributed by atoms with Crippen LogP contribution >= 0.6 is 22.6 Å². The number of hydrogen-bond acceptors (Lipinski definition) is 2. The molecule has 0 spiro atoms. The molecule has 4 aliphatic rings. The standard InChI is InChI=1S/C36H67IO2Si/c1-24(2)21-30(39-40(23-37,25(3)4)26(5)6)13-11-27(7)32-15-16-33-31-14-12-28-22-29(38-10)17-19-35(28,8)34(31)18-20-36(32,33)9/h24-34H,11-23H2,1-10H3/t27-,28-,29-,30?,31+,32-,33+,34+,35+,36-/m1/s1. The van der Waals surface area contributed by atoms with Crippen LogP contribution in [0.15, 0.2) is 0 Å². The SMILES string of the molecule is CO[C@@H]1CC[C@@]2(C)[C@H](CC[C@@H]3[C@@H]2CC[C@]2(C)[C@@H]([C@H](C)CCC(CC(C)C)O[Si](CI)(C(C)C)C(C)C)CC[C@@H]32)C1. The number of fused-ring (bicyclic) bond motifs is 5. The summed E-state index contributed by atoms with van der Waals surface area (Å²) in [5.41, 5.74) is 2.51. The summed E-state index contributed by atoms with van der Waals surface area (Å²) < 4.78 is 14.4. The van der Waals surface area contributed by atoms with Crippen LogP contribution in [0.25, 0.3) is 0 Å². The van der Waals surface area contributed by atoms with Gasteiger partial charge in [0.1, 0.15) is 0 Å². The quantitative estimate of drug-likeness (QED) is 0.116. The Morgan fingerprint density at radius 1 is 0.800 bits per heavy atom. The van der Waals surface area contributed by atoms with Gasteiger partial charge < -0.3 is 9.16 Å². The molecule has 0 bridgehead atoms.